The lowest BCUT2D eigenvalue weighted by Crippen LogP contribution is -2.39. The van der Waals surface area contributed by atoms with Crippen LogP contribution in [-0.2, 0) is 14.8 Å². The molecule has 0 radical (unpaired) electrons. The SMILES string of the molecule is Cc1ccc(S(=O)(=O)N(C)CC(=O)NC(C)c2ccccc2C)cc1. The van der Waals surface area contributed by atoms with Crippen molar-refractivity contribution in [3.63, 3.8) is 0 Å². The van der Waals surface area contributed by atoms with Gasteiger partial charge in [-0.05, 0) is 44.0 Å². The first-order valence-electron chi connectivity index (χ1n) is 8.09. The largest absolute Gasteiger partial charge is 0.348 e. The molecule has 6 heteroatoms. The van der Waals surface area contributed by atoms with Crippen LogP contribution in [0.5, 0.6) is 0 Å². The molecule has 2 aromatic rings. The second-order valence-corrected chi connectivity index (χ2v) is 8.26. The summed E-state index contributed by atoms with van der Waals surface area (Å²) < 4.78 is 26.1. The zero-order valence-corrected chi connectivity index (χ0v) is 15.8. The van der Waals surface area contributed by atoms with E-state index in [0.717, 1.165) is 21.0 Å². The molecule has 2 rings (SSSR count). The summed E-state index contributed by atoms with van der Waals surface area (Å²) in [7, 11) is -2.28. The van der Waals surface area contributed by atoms with Crippen molar-refractivity contribution in [2.24, 2.45) is 0 Å². The van der Waals surface area contributed by atoms with E-state index in [4.69, 9.17) is 0 Å². The quantitative estimate of drug-likeness (QED) is 0.861. The Morgan fingerprint density at radius 2 is 1.68 bits per heavy atom. The van der Waals surface area contributed by atoms with Crippen molar-refractivity contribution in [2.75, 3.05) is 13.6 Å². The third-order valence-electron chi connectivity index (χ3n) is 4.13. The monoisotopic (exact) mass is 360 g/mol. The zero-order valence-electron chi connectivity index (χ0n) is 15.0. The first-order chi connectivity index (χ1) is 11.7. The molecule has 1 amide bonds. The van der Waals surface area contributed by atoms with Crippen LogP contribution in [-0.4, -0.2) is 32.2 Å². The van der Waals surface area contributed by atoms with Gasteiger partial charge >= 0.3 is 0 Å². The first kappa shape index (κ1) is 19.1. The summed E-state index contributed by atoms with van der Waals surface area (Å²) >= 11 is 0. The van der Waals surface area contributed by atoms with Crippen molar-refractivity contribution in [1.82, 2.24) is 9.62 Å². The van der Waals surface area contributed by atoms with Crippen LogP contribution in [0.4, 0.5) is 0 Å². The van der Waals surface area contributed by atoms with Crippen LogP contribution in [0.25, 0.3) is 0 Å². The van der Waals surface area contributed by atoms with Crippen molar-refractivity contribution in [1.29, 1.82) is 0 Å². The summed E-state index contributed by atoms with van der Waals surface area (Å²) in [4.78, 5) is 12.4. The van der Waals surface area contributed by atoms with Gasteiger partial charge in [-0.25, -0.2) is 8.42 Å². The van der Waals surface area contributed by atoms with Gasteiger partial charge < -0.3 is 5.32 Å². The molecule has 134 valence electrons. The number of amides is 1. The third kappa shape index (κ3) is 4.67. The molecular formula is C19H24N2O3S. The van der Waals surface area contributed by atoms with Gasteiger partial charge in [-0.1, -0.05) is 42.0 Å². The minimum atomic E-state index is -3.69. The Balaban J connectivity index is 2.04. The van der Waals surface area contributed by atoms with Crippen LogP contribution in [0, 0.1) is 13.8 Å². The summed E-state index contributed by atoms with van der Waals surface area (Å²) in [6.45, 7) is 5.52. The number of nitrogens with zero attached hydrogens (tertiary/aromatic N) is 1. The first-order valence-corrected chi connectivity index (χ1v) is 9.53. The lowest BCUT2D eigenvalue weighted by Gasteiger charge is -2.20. The maximum absolute atomic E-state index is 12.5. The molecular weight excluding hydrogens is 336 g/mol. The van der Waals surface area contributed by atoms with Crippen LogP contribution < -0.4 is 5.32 Å². The van der Waals surface area contributed by atoms with Crippen molar-refractivity contribution in [3.8, 4) is 0 Å². The highest BCUT2D eigenvalue weighted by atomic mass is 32.2. The minimum absolute atomic E-state index is 0.181. The third-order valence-corrected chi connectivity index (χ3v) is 5.95. The van der Waals surface area contributed by atoms with Crippen LogP contribution in [0.15, 0.2) is 53.4 Å². The second kappa shape index (κ2) is 7.80. The van der Waals surface area contributed by atoms with Crippen molar-refractivity contribution >= 4 is 15.9 Å². The highest BCUT2D eigenvalue weighted by molar-refractivity contribution is 7.89. The molecule has 0 heterocycles. The Morgan fingerprint density at radius 3 is 2.28 bits per heavy atom. The van der Waals surface area contributed by atoms with Crippen molar-refractivity contribution < 1.29 is 13.2 Å². The lowest BCUT2D eigenvalue weighted by atomic mass is 10.0. The number of hydrogen-bond acceptors (Lipinski definition) is 3. The number of likely N-dealkylation sites (N-methyl/N-ethyl adjacent to an activating group) is 1. The smallest absolute Gasteiger partial charge is 0.243 e. The molecule has 0 aliphatic rings. The van der Waals surface area contributed by atoms with Crippen LogP contribution in [0.1, 0.15) is 29.7 Å². The van der Waals surface area contributed by atoms with E-state index in [1.165, 1.54) is 7.05 Å². The van der Waals surface area contributed by atoms with E-state index >= 15 is 0 Å². The molecule has 0 fully saturated rings. The predicted molar refractivity (Wildman–Crippen MR) is 98.7 cm³/mol. The number of hydrogen-bond donors (Lipinski definition) is 1. The van der Waals surface area contributed by atoms with Crippen LogP contribution in [0.2, 0.25) is 0 Å². The van der Waals surface area contributed by atoms with Crippen LogP contribution >= 0.6 is 0 Å². The Hall–Kier alpha value is -2.18. The van der Waals surface area contributed by atoms with Gasteiger partial charge in [0.25, 0.3) is 0 Å². The fraction of sp³-hybridized carbons (Fsp3) is 0.316. The normalized spacial score (nSPS) is 12.8. The van der Waals surface area contributed by atoms with Gasteiger partial charge in [0.2, 0.25) is 15.9 Å². The van der Waals surface area contributed by atoms with E-state index < -0.39 is 10.0 Å². The fourth-order valence-corrected chi connectivity index (χ4v) is 3.74. The van der Waals surface area contributed by atoms with E-state index in [1.807, 2.05) is 45.0 Å². The number of sulfonamides is 1. The van der Waals surface area contributed by atoms with Crippen molar-refractivity contribution in [3.05, 3.63) is 65.2 Å². The molecule has 1 atom stereocenters. The number of nitrogens with one attached hydrogen (secondary N) is 1. The Morgan fingerprint density at radius 1 is 1.08 bits per heavy atom. The molecule has 25 heavy (non-hydrogen) atoms. The Kier molecular flexibility index (Phi) is 5.98. The summed E-state index contributed by atoms with van der Waals surface area (Å²) in [6.07, 6.45) is 0. The molecule has 0 aromatic heterocycles. The molecule has 0 bridgehead atoms. The Bertz CT molecular complexity index is 845. The van der Waals surface area contributed by atoms with E-state index in [0.29, 0.717) is 0 Å². The average Bonchev–Trinajstić information content (AvgIpc) is 2.55. The molecule has 0 saturated heterocycles. The molecule has 1 unspecified atom stereocenters. The van der Waals surface area contributed by atoms with E-state index in [2.05, 4.69) is 5.32 Å². The van der Waals surface area contributed by atoms with E-state index in [9.17, 15) is 13.2 Å². The highest BCUT2D eigenvalue weighted by Gasteiger charge is 2.23. The number of aryl methyl sites for hydroxylation is 2. The topological polar surface area (TPSA) is 66.5 Å². The molecule has 5 nitrogen and oxygen atoms in total. The van der Waals surface area contributed by atoms with Gasteiger partial charge in [-0.15, -0.1) is 0 Å². The van der Waals surface area contributed by atoms with Gasteiger partial charge in [-0.3, -0.25) is 4.79 Å². The molecule has 0 spiro atoms. The van der Waals surface area contributed by atoms with Gasteiger partial charge in [0.15, 0.2) is 0 Å². The van der Waals surface area contributed by atoms with E-state index in [1.54, 1.807) is 24.3 Å². The average molecular weight is 360 g/mol. The molecule has 0 saturated carbocycles. The maximum Gasteiger partial charge on any atom is 0.243 e. The van der Waals surface area contributed by atoms with Gasteiger partial charge in [0.05, 0.1) is 17.5 Å². The summed E-state index contributed by atoms with van der Waals surface area (Å²) in [5.41, 5.74) is 3.07. The number of benzene rings is 2. The molecule has 1 N–H and O–H groups in total. The second-order valence-electron chi connectivity index (χ2n) is 6.22. The number of carbonyl (C=O) groups is 1. The predicted octanol–water partition coefficient (Wildman–Crippen LogP) is 2.80. The number of carbonyl (C=O) groups excluding carboxylic acids is 1. The standard InChI is InChI=1S/C19H24N2O3S/c1-14-9-11-17(12-10-14)25(23,24)21(4)13-19(22)20-16(3)18-8-6-5-7-15(18)2/h5-12,16H,13H2,1-4H3,(H,20,22). The molecule has 2 aromatic carbocycles. The zero-order chi connectivity index (χ0) is 18.6. The summed E-state index contributed by atoms with van der Waals surface area (Å²) in [5, 5.41) is 2.86. The molecule has 0 aliphatic heterocycles. The van der Waals surface area contributed by atoms with Gasteiger partial charge in [0.1, 0.15) is 0 Å². The maximum atomic E-state index is 12.5. The fourth-order valence-electron chi connectivity index (χ4n) is 2.61. The Labute approximate surface area is 149 Å². The summed E-state index contributed by atoms with van der Waals surface area (Å²) in [6, 6.07) is 14.2. The lowest BCUT2D eigenvalue weighted by molar-refractivity contribution is -0.121. The number of rotatable bonds is 6. The van der Waals surface area contributed by atoms with Crippen LogP contribution in [0.3, 0.4) is 0 Å². The highest BCUT2D eigenvalue weighted by Crippen LogP contribution is 2.17. The van der Waals surface area contributed by atoms with Gasteiger partial charge in [-0.2, -0.15) is 4.31 Å². The minimum Gasteiger partial charge on any atom is -0.348 e. The molecule has 0 aliphatic carbocycles. The summed E-state index contributed by atoms with van der Waals surface area (Å²) in [5.74, 6) is -0.339. The van der Waals surface area contributed by atoms with Gasteiger partial charge in [0, 0.05) is 7.05 Å². The van der Waals surface area contributed by atoms with E-state index in [-0.39, 0.29) is 23.4 Å². The van der Waals surface area contributed by atoms with Crippen molar-refractivity contribution in [2.45, 2.75) is 31.7 Å².